The molecule has 0 bridgehead atoms. The number of carbonyl (C=O) groups is 2. The summed E-state index contributed by atoms with van der Waals surface area (Å²) in [7, 11) is -3.66. The van der Waals surface area contributed by atoms with Gasteiger partial charge in [-0.15, -0.1) is 0 Å². The van der Waals surface area contributed by atoms with Gasteiger partial charge in [-0.2, -0.15) is 0 Å². The molecule has 3 rings (SSSR count). The van der Waals surface area contributed by atoms with Gasteiger partial charge in [-0.05, 0) is 29.2 Å². The van der Waals surface area contributed by atoms with Gasteiger partial charge in [0.1, 0.15) is 0 Å². The lowest BCUT2D eigenvalue weighted by Crippen LogP contribution is -2.42. The van der Waals surface area contributed by atoms with Crippen LogP contribution in [0.2, 0.25) is 0 Å². The maximum atomic E-state index is 12.2. The maximum Gasteiger partial charge on any atom is 0.239 e. The molecule has 0 aliphatic carbocycles. The van der Waals surface area contributed by atoms with Crippen LogP contribution < -0.4 is 15.4 Å². The van der Waals surface area contributed by atoms with E-state index in [1.807, 2.05) is 61.5 Å². The molecule has 172 valence electrons. The molecule has 3 aromatic carbocycles. The summed E-state index contributed by atoms with van der Waals surface area (Å²) >= 11 is 0. The molecule has 8 heteroatoms. The molecular weight excluding hydrogens is 438 g/mol. The Balaban J connectivity index is 1.41. The molecule has 0 fully saturated rings. The number of rotatable bonds is 10. The second-order valence-corrected chi connectivity index (χ2v) is 9.43. The first-order valence-electron chi connectivity index (χ1n) is 10.5. The van der Waals surface area contributed by atoms with E-state index in [1.165, 1.54) is 0 Å². The molecular formula is C25H27N3O4S. The average Bonchev–Trinajstić information content (AvgIpc) is 2.82. The van der Waals surface area contributed by atoms with Crippen molar-refractivity contribution in [3.63, 3.8) is 0 Å². The molecule has 0 heterocycles. The van der Waals surface area contributed by atoms with Crippen molar-refractivity contribution < 1.29 is 18.0 Å². The van der Waals surface area contributed by atoms with Crippen molar-refractivity contribution in [2.75, 3.05) is 13.1 Å². The number of sulfonamides is 1. The second kappa shape index (κ2) is 11.4. The molecule has 0 aliphatic rings. The molecule has 3 aromatic rings. The highest BCUT2D eigenvalue weighted by Gasteiger charge is 2.15. The van der Waals surface area contributed by atoms with E-state index in [-0.39, 0.29) is 24.2 Å². The van der Waals surface area contributed by atoms with Crippen LogP contribution in [-0.4, -0.2) is 33.3 Å². The van der Waals surface area contributed by atoms with Gasteiger partial charge in [0.15, 0.2) is 0 Å². The van der Waals surface area contributed by atoms with Gasteiger partial charge in [0, 0.05) is 0 Å². The van der Waals surface area contributed by atoms with E-state index in [2.05, 4.69) is 15.4 Å². The van der Waals surface area contributed by atoms with E-state index in [0.717, 1.165) is 16.7 Å². The van der Waals surface area contributed by atoms with Crippen molar-refractivity contribution in [3.05, 3.63) is 96.1 Å². The van der Waals surface area contributed by atoms with Crippen LogP contribution in [0.1, 0.15) is 24.1 Å². The van der Waals surface area contributed by atoms with Crippen LogP contribution >= 0.6 is 0 Å². The van der Waals surface area contributed by atoms with Crippen LogP contribution in [0.25, 0.3) is 11.1 Å². The predicted octanol–water partition coefficient (Wildman–Crippen LogP) is 2.77. The molecule has 0 spiro atoms. The zero-order valence-electron chi connectivity index (χ0n) is 18.3. The third kappa shape index (κ3) is 7.85. The van der Waals surface area contributed by atoms with Gasteiger partial charge < -0.3 is 10.6 Å². The zero-order chi connectivity index (χ0) is 23.7. The van der Waals surface area contributed by atoms with Crippen LogP contribution in [0.15, 0.2) is 84.9 Å². The minimum Gasteiger partial charge on any atom is -0.348 e. The molecule has 0 radical (unpaired) electrons. The Kier molecular flexibility index (Phi) is 8.34. The zero-order valence-corrected chi connectivity index (χ0v) is 19.1. The maximum absolute atomic E-state index is 12.2. The number of hydrogen-bond acceptors (Lipinski definition) is 4. The predicted molar refractivity (Wildman–Crippen MR) is 129 cm³/mol. The SMILES string of the molecule is CC(NC(=O)CNC(=O)CNS(=O)(=O)Cc1ccccc1)c1ccc(-c2ccccc2)cc1. The van der Waals surface area contributed by atoms with Crippen molar-refractivity contribution in [1.29, 1.82) is 0 Å². The minimum absolute atomic E-state index is 0.220. The third-order valence-electron chi connectivity index (χ3n) is 4.99. The van der Waals surface area contributed by atoms with Crippen molar-refractivity contribution in [2.45, 2.75) is 18.7 Å². The Morgan fingerprint density at radius 3 is 1.97 bits per heavy atom. The Bertz CT molecular complexity index is 1170. The Morgan fingerprint density at radius 1 is 0.758 bits per heavy atom. The first-order chi connectivity index (χ1) is 15.8. The van der Waals surface area contributed by atoms with E-state index in [1.54, 1.807) is 30.3 Å². The molecule has 1 atom stereocenters. The molecule has 0 saturated heterocycles. The second-order valence-electron chi connectivity index (χ2n) is 7.62. The van der Waals surface area contributed by atoms with Gasteiger partial charge in [-0.3, -0.25) is 9.59 Å². The highest BCUT2D eigenvalue weighted by molar-refractivity contribution is 7.88. The standard InChI is InChI=1S/C25H27N3O4S/c1-19(21-12-14-23(15-13-21)22-10-6-3-7-11-22)28-25(30)16-26-24(29)17-27-33(31,32)18-20-8-4-2-5-9-20/h2-15,19,27H,16-18H2,1H3,(H,26,29)(H,28,30). The average molecular weight is 466 g/mol. The molecule has 0 aliphatic heterocycles. The van der Waals surface area contributed by atoms with Crippen molar-refractivity contribution in [1.82, 2.24) is 15.4 Å². The molecule has 1 unspecified atom stereocenters. The van der Waals surface area contributed by atoms with Crippen LogP contribution in [0, 0.1) is 0 Å². The molecule has 0 saturated carbocycles. The minimum atomic E-state index is -3.66. The van der Waals surface area contributed by atoms with E-state index in [9.17, 15) is 18.0 Å². The van der Waals surface area contributed by atoms with Crippen LogP contribution in [0.5, 0.6) is 0 Å². The molecule has 2 amide bonds. The lowest BCUT2D eigenvalue weighted by Gasteiger charge is -2.15. The summed E-state index contributed by atoms with van der Waals surface area (Å²) in [5.41, 5.74) is 3.75. The van der Waals surface area contributed by atoms with Crippen LogP contribution in [0.4, 0.5) is 0 Å². The lowest BCUT2D eigenvalue weighted by molar-refractivity contribution is -0.125. The van der Waals surface area contributed by atoms with Gasteiger partial charge in [0.05, 0.1) is 24.9 Å². The van der Waals surface area contributed by atoms with Gasteiger partial charge in [-0.25, -0.2) is 13.1 Å². The van der Waals surface area contributed by atoms with Gasteiger partial charge in [0.2, 0.25) is 21.8 Å². The van der Waals surface area contributed by atoms with E-state index < -0.39 is 22.5 Å². The summed E-state index contributed by atoms with van der Waals surface area (Å²) in [4.78, 5) is 24.2. The summed E-state index contributed by atoms with van der Waals surface area (Å²) in [5.74, 6) is -1.17. The third-order valence-corrected chi connectivity index (χ3v) is 6.29. The Labute approximate surface area is 194 Å². The number of carbonyl (C=O) groups excluding carboxylic acids is 2. The summed E-state index contributed by atoms with van der Waals surface area (Å²) in [5, 5.41) is 5.25. The largest absolute Gasteiger partial charge is 0.348 e. The monoisotopic (exact) mass is 465 g/mol. The number of nitrogens with one attached hydrogen (secondary N) is 3. The quantitative estimate of drug-likeness (QED) is 0.428. The first-order valence-corrected chi connectivity index (χ1v) is 12.2. The van der Waals surface area contributed by atoms with Gasteiger partial charge in [0.25, 0.3) is 0 Å². The van der Waals surface area contributed by atoms with Crippen molar-refractivity contribution in [2.24, 2.45) is 0 Å². The topological polar surface area (TPSA) is 104 Å². The fourth-order valence-electron chi connectivity index (χ4n) is 3.23. The van der Waals surface area contributed by atoms with E-state index >= 15 is 0 Å². The molecule has 3 N–H and O–H groups in total. The molecule has 33 heavy (non-hydrogen) atoms. The summed E-state index contributed by atoms with van der Waals surface area (Å²) in [6.07, 6.45) is 0. The Hall–Kier alpha value is -3.49. The smallest absolute Gasteiger partial charge is 0.239 e. The summed E-state index contributed by atoms with van der Waals surface area (Å²) < 4.78 is 26.4. The normalized spacial score (nSPS) is 12.0. The van der Waals surface area contributed by atoms with E-state index in [0.29, 0.717) is 5.56 Å². The Morgan fingerprint density at radius 2 is 1.33 bits per heavy atom. The molecule has 7 nitrogen and oxygen atoms in total. The van der Waals surface area contributed by atoms with Gasteiger partial charge in [-0.1, -0.05) is 84.9 Å². The number of benzene rings is 3. The fraction of sp³-hybridized carbons (Fsp3) is 0.200. The highest BCUT2D eigenvalue weighted by atomic mass is 32.2. The van der Waals surface area contributed by atoms with Crippen LogP contribution in [0.3, 0.4) is 0 Å². The number of hydrogen-bond donors (Lipinski definition) is 3. The number of amides is 2. The first kappa shape index (κ1) is 24.2. The van der Waals surface area contributed by atoms with E-state index in [4.69, 9.17) is 0 Å². The van der Waals surface area contributed by atoms with Gasteiger partial charge >= 0.3 is 0 Å². The fourth-order valence-corrected chi connectivity index (χ4v) is 4.32. The van der Waals surface area contributed by atoms with Crippen LogP contribution in [-0.2, 0) is 25.4 Å². The lowest BCUT2D eigenvalue weighted by atomic mass is 10.0. The van der Waals surface area contributed by atoms with Crippen molar-refractivity contribution >= 4 is 21.8 Å². The molecule has 0 aromatic heterocycles. The highest BCUT2D eigenvalue weighted by Crippen LogP contribution is 2.21. The summed E-state index contributed by atoms with van der Waals surface area (Å²) in [6, 6.07) is 26.3. The van der Waals surface area contributed by atoms with Crippen molar-refractivity contribution in [3.8, 4) is 11.1 Å². The summed E-state index contributed by atoms with van der Waals surface area (Å²) in [6.45, 7) is 1.18.